The molecule has 1 N–H and O–H groups in total. The minimum atomic E-state index is -0.265. The van der Waals surface area contributed by atoms with Gasteiger partial charge in [0.05, 0.1) is 30.7 Å². The zero-order valence-electron chi connectivity index (χ0n) is 28.6. The van der Waals surface area contributed by atoms with Crippen LogP contribution < -0.4 is 4.90 Å². The molecule has 0 spiro atoms. The molecular formula is C39H41ClN6O4. The number of fused-ring (bicyclic) bond motifs is 1. The van der Waals surface area contributed by atoms with E-state index in [9.17, 15) is 14.7 Å². The molecule has 2 amide bonds. The molecule has 0 bridgehead atoms. The summed E-state index contributed by atoms with van der Waals surface area (Å²) in [5, 5.41) is 14.9. The zero-order valence-corrected chi connectivity index (χ0v) is 29.3. The number of phenols is 1. The summed E-state index contributed by atoms with van der Waals surface area (Å²) in [5.74, 6) is -0.237. The lowest BCUT2D eigenvalue weighted by atomic mass is 9.92. The van der Waals surface area contributed by atoms with Gasteiger partial charge >= 0.3 is 0 Å². The summed E-state index contributed by atoms with van der Waals surface area (Å²) in [5.41, 5.74) is 6.70. The van der Waals surface area contributed by atoms with E-state index in [0.29, 0.717) is 65.1 Å². The predicted octanol–water partition coefficient (Wildman–Crippen LogP) is 6.45. The van der Waals surface area contributed by atoms with Crippen LogP contribution in [-0.4, -0.2) is 80.0 Å². The Labute approximate surface area is 297 Å². The summed E-state index contributed by atoms with van der Waals surface area (Å²) in [4.78, 5) is 35.3. The number of phenolic OH excluding ortho intramolecular Hbond substituents is 1. The first-order valence-corrected chi connectivity index (χ1v) is 17.4. The maximum Gasteiger partial charge on any atom is 0.264 e. The lowest BCUT2D eigenvalue weighted by Gasteiger charge is -2.40. The lowest BCUT2D eigenvalue weighted by molar-refractivity contribution is 0.0193. The minimum Gasteiger partial charge on any atom is -0.508 e. The SMILES string of the molecule is CCn1cc(N(C(=O)c2cc(-c3cc(Cl)ccc3C(=O)N3Cc4ccccc4C[C@H]3CN3CCOCC3)n(C)c2C)c2ccc(O)cc2)cn1. The molecule has 258 valence electrons. The van der Waals surface area contributed by atoms with Gasteiger partial charge in [0.2, 0.25) is 0 Å². The Kier molecular flexibility index (Phi) is 9.50. The number of anilines is 2. The highest BCUT2D eigenvalue weighted by Gasteiger charge is 2.34. The third-order valence-corrected chi connectivity index (χ3v) is 10.2. The van der Waals surface area contributed by atoms with Crippen molar-refractivity contribution < 1.29 is 19.4 Å². The number of nitrogens with zero attached hydrogens (tertiary/aromatic N) is 6. The molecule has 7 rings (SSSR count). The number of morpholine rings is 1. The van der Waals surface area contributed by atoms with Gasteiger partial charge in [-0.1, -0.05) is 35.9 Å². The van der Waals surface area contributed by atoms with Crippen LogP contribution in [0.15, 0.2) is 85.2 Å². The molecule has 0 saturated carbocycles. The van der Waals surface area contributed by atoms with E-state index in [1.807, 2.05) is 54.8 Å². The van der Waals surface area contributed by atoms with Crippen LogP contribution in [0.2, 0.25) is 5.02 Å². The lowest BCUT2D eigenvalue weighted by Crippen LogP contribution is -2.52. The van der Waals surface area contributed by atoms with Crippen molar-refractivity contribution in [3.8, 4) is 17.0 Å². The van der Waals surface area contributed by atoms with Crippen LogP contribution >= 0.6 is 11.6 Å². The summed E-state index contributed by atoms with van der Waals surface area (Å²) in [6.07, 6.45) is 4.25. The maximum atomic E-state index is 14.8. The van der Waals surface area contributed by atoms with Gasteiger partial charge in [0.15, 0.2) is 0 Å². The fourth-order valence-corrected chi connectivity index (χ4v) is 7.23. The Balaban J connectivity index is 1.27. The highest BCUT2D eigenvalue weighted by molar-refractivity contribution is 6.31. The van der Waals surface area contributed by atoms with E-state index < -0.39 is 0 Å². The molecule has 4 heterocycles. The zero-order chi connectivity index (χ0) is 34.9. The van der Waals surface area contributed by atoms with Gasteiger partial charge in [-0.05, 0) is 79.9 Å². The van der Waals surface area contributed by atoms with Crippen molar-refractivity contribution in [1.82, 2.24) is 24.1 Å². The molecule has 11 heteroatoms. The first-order valence-electron chi connectivity index (χ1n) is 17.0. The number of aryl methyl sites for hydroxylation is 1. The fourth-order valence-electron chi connectivity index (χ4n) is 7.06. The van der Waals surface area contributed by atoms with Crippen molar-refractivity contribution in [1.29, 1.82) is 0 Å². The van der Waals surface area contributed by atoms with E-state index in [1.54, 1.807) is 52.2 Å². The first kappa shape index (κ1) is 33.6. The van der Waals surface area contributed by atoms with Crippen molar-refractivity contribution in [3.05, 3.63) is 118 Å². The molecule has 1 atom stereocenters. The van der Waals surface area contributed by atoms with Gasteiger partial charge in [-0.3, -0.25) is 24.1 Å². The molecule has 2 aliphatic heterocycles. The third kappa shape index (κ3) is 6.54. The molecule has 50 heavy (non-hydrogen) atoms. The van der Waals surface area contributed by atoms with Crippen molar-refractivity contribution in [2.75, 3.05) is 37.7 Å². The number of hydrogen-bond acceptors (Lipinski definition) is 6. The van der Waals surface area contributed by atoms with Gasteiger partial charge in [0.25, 0.3) is 11.8 Å². The van der Waals surface area contributed by atoms with Gasteiger partial charge < -0.3 is 19.3 Å². The van der Waals surface area contributed by atoms with Crippen LogP contribution in [-0.2, 0) is 31.3 Å². The van der Waals surface area contributed by atoms with Crippen LogP contribution in [0.5, 0.6) is 5.75 Å². The monoisotopic (exact) mass is 692 g/mol. The van der Waals surface area contributed by atoms with Crippen molar-refractivity contribution in [3.63, 3.8) is 0 Å². The number of carbonyl (C=O) groups excluding carboxylic acids is 2. The van der Waals surface area contributed by atoms with Gasteiger partial charge in [0.1, 0.15) is 5.75 Å². The quantitative estimate of drug-likeness (QED) is 0.201. The Morgan fingerprint density at radius 2 is 1.72 bits per heavy atom. The average molecular weight is 693 g/mol. The normalized spacial score (nSPS) is 16.3. The van der Waals surface area contributed by atoms with Gasteiger partial charge in [-0.2, -0.15) is 5.10 Å². The summed E-state index contributed by atoms with van der Waals surface area (Å²) in [7, 11) is 1.90. The van der Waals surface area contributed by atoms with Crippen LogP contribution in [0.1, 0.15) is 44.5 Å². The molecule has 0 unspecified atom stereocenters. The summed E-state index contributed by atoms with van der Waals surface area (Å²) in [6, 6.07) is 22.1. The number of ether oxygens (including phenoxy) is 1. The Morgan fingerprint density at radius 1 is 0.980 bits per heavy atom. The number of hydrogen-bond donors (Lipinski definition) is 1. The summed E-state index contributed by atoms with van der Waals surface area (Å²) < 4.78 is 9.30. The van der Waals surface area contributed by atoms with E-state index >= 15 is 0 Å². The van der Waals surface area contributed by atoms with Crippen molar-refractivity contribution in [2.45, 2.75) is 39.4 Å². The summed E-state index contributed by atoms with van der Waals surface area (Å²) >= 11 is 6.62. The topological polar surface area (TPSA) is 96.1 Å². The van der Waals surface area contributed by atoms with Crippen molar-refractivity contribution in [2.24, 2.45) is 7.05 Å². The number of aromatic nitrogens is 3. The Bertz CT molecular complexity index is 2030. The van der Waals surface area contributed by atoms with Gasteiger partial charge in [0, 0.05) is 85.2 Å². The predicted molar refractivity (Wildman–Crippen MR) is 194 cm³/mol. The van der Waals surface area contributed by atoms with E-state index in [0.717, 1.165) is 37.3 Å². The number of carbonyl (C=O) groups is 2. The smallest absolute Gasteiger partial charge is 0.264 e. The Hall–Kier alpha value is -4.90. The molecule has 0 aliphatic carbocycles. The summed E-state index contributed by atoms with van der Waals surface area (Å²) in [6.45, 7) is 8.85. The molecule has 1 fully saturated rings. The minimum absolute atomic E-state index is 0.0192. The number of amides is 2. The average Bonchev–Trinajstić information content (AvgIpc) is 3.72. The second kappa shape index (κ2) is 14.1. The van der Waals surface area contributed by atoms with E-state index in [-0.39, 0.29) is 23.6 Å². The third-order valence-electron chi connectivity index (χ3n) is 9.96. The van der Waals surface area contributed by atoms with Crippen LogP contribution in [0.25, 0.3) is 11.3 Å². The van der Waals surface area contributed by atoms with Crippen LogP contribution in [0, 0.1) is 6.92 Å². The van der Waals surface area contributed by atoms with Crippen molar-refractivity contribution >= 4 is 34.8 Å². The molecular weight excluding hydrogens is 652 g/mol. The van der Waals surface area contributed by atoms with Gasteiger partial charge in [-0.25, -0.2) is 0 Å². The Morgan fingerprint density at radius 3 is 2.44 bits per heavy atom. The molecule has 10 nitrogen and oxygen atoms in total. The number of halogens is 1. The first-order chi connectivity index (χ1) is 24.2. The fraction of sp³-hybridized carbons (Fsp3) is 0.308. The molecule has 5 aromatic rings. The highest BCUT2D eigenvalue weighted by Crippen LogP contribution is 2.36. The second-order valence-corrected chi connectivity index (χ2v) is 13.4. The van der Waals surface area contributed by atoms with E-state index in [2.05, 4.69) is 28.2 Å². The molecule has 2 aliphatic rings. The van der Waals surface area contributed by atoms with E-state index in [1.165, 1.54) is 5.56 Å². The number of rotatable bonds is 8. The highest BCUT2D eigenvalue weighted by atomic mass is 35.5. The number of benzene rings is 3. The molecule has 1 saturated heterocycles. The molecule has 2 aromatic heterocycles. The van der Waals surface area contributed by atoms with Crippen LogP contribution in [0.4, 0.5) is 11.4 Å². The largest absolute Gasteiger partial charge is 0.508 e. The molecule has 3 aromatic carbocycles. The number of aromatic hydroxyl groups is 1. The van der Waals surface area contributed by atoms with E-state index in [4.69, 9.17) is 16.3 Å². The molecule has 0 radical (unpaired) electrons. The van der Waals surface area contributed by atoms with Gasteiger partial charge in [-0.15, -0.1) is 0 Å². The standard InChI is InChI=1S/C39H41ClN6O4/c1-4-44-25-32(22-41-44)46(30-10-12-33(47)13-11-30)39(49)35-21-37(42(3)26(35)2)36-20-29(40)9-14-34(36)38(48)45-23-28-8-6-5-7-27(28)19-31(45)24-43-15-17-50-18-16-43/h5-14,20-22,25,31,47H,4,15-19,23-24H2,1-3H3/t31-/m0/s1. The second-order valence-electron chi connectivity index (χ2n) is 13.0. The van der Waals surface area contributed by atoms with Crippen LogP contribution in [0.3, 0.4) is 0 Å². The maximum absolute atomic E-state index is 14.8.